The van der Waals surface area contributed by atoms with E-state index in [0.717, 1.165) is 10.9 Å². The number of phenols is 1. The largest absolute Gasteiger partial charge is 0.508 e. The van der Waals surface area contributed by atoms with E-state index in [1.807, 2.05) is 31.2 Å². The summed E-state index contributed by atoms with van der Waals surface area (Å²) >= 11 is 0. The molecule has 1 atom stereocenters. The lowest BCUT2D eigenvalue weighted by atomic mass is 10.0. The predicted octanol–water partition coefficient (Wildman–Crippen LogP) is 2.90. The van der Waals surface area contributed by atoms with Gasteiger partial charge in [0.2, 0.25) is 0 Å². The SMILES string of the molecule is C[C@@H](C(=O)c1c[nH]c2ccccc12)N1CCN(C(=O)c2ccc(O)cc2)CC1. The standard InChI is InChI=1S/C22H23N3O3/c1-15(21(27)19-14-23-20-5-3-2-4-18(19)20)24-10-12-25(13-11-24)22(28)16-6-8-17(26)9-7-16/h2-9,14-15,23,26H,10-13H2,1H3/t15-/m0/s1. The zero-order valence-electron chi connectivity index (χ0n) is 15.8. The second-order valence-corrected chi connectivity index (χ2v) is 7.16. The normalized spacial score (nSPS) is 16.2. The molecule has 6 nitrogen and oxygen atoms in total. The van der Waals surface area contributed by atoms with Crippen molar-refractivity contribution in [2.45, 2.75) is 13.0 Å². The van der Waals surface area contributed by atoms with Gasteiger partial charge in [0.15, 0.2) is 5.78 Å². The molecule has 0 unspecified atom stereocenters. The van der Waals surface area contributed by atoms with E-state index in [9.17, 15) is 14.7 Å². The lowest BCUT2D eigenvalue weighted by Gasteiger charge is -2.37. The Bertz CT molecular complexity index is 1000. The summed E-state index contributed by atoms with van der Waals surface area (Å²) in [6, 6.07) is 13.9. The number of ketones is 1. The molecule has 1 aliphatic heterocycles. The van der Waals surface area contributed by atoms with Crippen molar-refractivity contribution < 1.29 is 14.7 Å². The van der Waals surface area contributed by atoms with Crippen LogP contribution < -0.4 is 0 Å². The monoisotopic (exact) mass is 377 g/mol. The zero-order valence-corrected chi connectivity index (χ0v) is 15.8. The topological polar surface area (TPSA) is 76.6 Å². The molecular weight excluding hydrogens is 354 g/mol. The van der Waals surface area contributed by atoms with Crippen molar-refractivity contribution in [1.29, 1.82) is 0 Å². The number of para-hydroxylation sites is 1. The van der Waals surface area contributed by atoms with Crippen LogP contribution in [0.15, 0.2) is 54.7 Å². The summed E-state index contributed by atoms with van der Waals surface area (Å²) in [7, 11) is 0. The summed E-state index contributed by atoms with van der Waals surface area (Å²) in [6.45, 7) is 4.39. The van der Waals surface area contributed by atoms with Crippen molar-refractivity contribution in [3.8, 4) is 5.75 Å². The Balaban J connectivity index is 1.41. The van der Waals surface area contributed by atoms with Crippen LogP contribution in [-0.4, -0.2) is 63.8 Å². The molecule has 144 valence electrons. The highest BCUT2D eigenvalue weighted by molar-refractivity contribution is 6.10. The van der Waals surface area contributed by atoms with Gasteiger partial charge in [-0.3, -0.25) is 14.5 Å². The molecule has 1 aliphatic rings. The first-order chi connectivity index (χ1) is 13.5. The molecule has 2 N–H and O–H groups in total. The number of amides is 1. The van der Waals surface area contributed by atoms with Crippen LogP contribution in [0.2, 0.25) is 0 Å². The van der Waals surface area contributed by atoms with Gasteiger partial charge in [0.1, 0.15) is 5.75 Å². The van der Waals surface area contributed by atoms with Gasteiger partial charge in [0, 0.05) is 54.4 Å². The number of carbonyl (C=O) groups is 2. The number of nitrogens with zero attached hydrogens (tertiary/aromatic N) is 2. The molecule has 6 heteroatoms. The summed E-state index contributed by atoms with van der Waals surface area (Å²) in [6.07, 6.45) is 1.79. The number of carbonyl (C=O) groups excluding carboxylic acids is 2. The third-order valence-electron chi connectivity index (χ3n) is 5.50. The Labute approximate surface area is 163 Å². The third-order valence-corrected chi connectivity index (χ3v) is 5.50. The summed E-state index contributed by atoms with van der Waals surface area (Å²) < 4.78 is 0. The third kappa shape index (κ3) is 3.39. The maximum absolute atomic E-state index is 13.0. The first-order valence-electron chi connectivity index (χ1n) is 9.47. The Hall–Kier alpha value is -3.12. The van der Waals surface area contributed by atoms with E-state index in [0.29, 0.717) is 37.3 Å². The van der Waals surface area contributed by atoms with Crippen LogP contribution in [0.25, 0.3) is 10.9 Å². The summed E-state index contributed by atoms with van der Waals surface area (Å²) in [5.74, 6) is 0.192. The number of rotatable bonds is 4. The number of H-pyrrole nitrogens is 1. The Kier molecular flexibility index (Phi) is 4.88. The quantitative estimate of drug-likeness (QED) is 0.686. The number of fused-ring (bicyclic) bond motifs is 1. The molecule has 28 heavy (non-hydrogen) atoms. The minimum absolute atomic E-state index is 0.0461. The number of nitrogens with one attached hydrogen (secondary N) is 1. The number of piperazine rings is 1. The second-order valence-electron chi connectivity index (χ2n) is 7.16. The van der Waals surface area contributed by atoms with Gasteiger partial charge in [-0.15, -0.1) is 0 Å². The Morgan fingerprint density at radius 3 is 2.39 bits per heavy atom. The number of Topliss-reactive ketones (excluding diaryl/α,β-unsaturated/α-hetero) is 1. The summed E-state index contributed by atoms with van der Waals surface area (Å²) in [5.41, 5.74) is 2.24. The highest BCUT2D eigenvalue weighted by Crippen LogP contribution is 2.21. The highest BCUT2D eigenvalue weighted by Gasteiger charge is 2.29. The Morgan fingerprint density at radius 2 is 1.68 bits per heavy atom. The van der Waals surface area contributed by atoms with Gasteiger partial charge in [-0.1, -0.05) is 18.2 Å². The fraction of sp³-hybridized carbons (Fsp3) is 0.273. The van der Waals surface area contributed by atoms with Crippen molar-refractivity contribution in [2.75, 3.05) is 26.2 Å². The number of benzene rings is 2. The minimum atomic E-state index is -0.245. The smallest absolute Gasteiger partial charge is 0.253 e. The molecule has 0 saturated carbocycles. The van der Waals surface area contributed by atoms with Gasteiger partial charge in [-0.2, -0.15) is 0 Å². The number of hydrogen-bond acceptors (Lipinski definition) is 4. The van der Waals surface area contributed by atoms with Gasteiger partial charge in [-0.25, -0.2) is 0 Å². The van der Waals surface area contributed by atoms with Crippen molar-refractivity contribution in [1.82, 2.24) is 14.8 Å². The van der Waals surface area contributed by atoms with Crippen LogP contribution in [0.4, 0.5) is 0 Å². The fourth-order valence-corrected chi connectivity index (χ4v) is 3.77. The molecule has 0 spiro atoms. The second kappa shape index (κ2) is 7.48. The molecule has 1 fully saturated rings. The fourth-order valence-electron chi connectivity index (χ4n) is 3.77. The van der Waals surface area contributed by atoms with Gasteiger partial charge in [0.25, 0.3) is 5.91 Å². The van der Waals surface area contributed by atoms with Crippen LogP contribution in [0.5, 0.6) is 5.75 Å². The molecule has 0 radical (unpaired) electrons. The number of hydrogen-bond donors (Lipinski definition) is 2. The van der Waals surface area contributed by atoms with E-state index in [2.05, 4.69) is 9.88 Å². The van der Waals surface area contributed by atoms with Crippen LogP contribution >= 0.6 is 0 Å². The molecule has 2 heterocycles. The summed E-state index contributed by atoms with van der Waals surface area (Å²) in [5, 5.41) is 10.3. The van der Waals surface area contributed by atoms with Gasteiger partial charge < -0.3 is 15.0 Å². The molecule has 1 aromatic heterocycles. The van der Waals surface area contributed by atoms with Gasteiger partial charge in [-0.05, 0) is 37.3 Å². The molecule has 0 aliphatic carbocycles. The number of aromatic nitrogens is 1. The molecule has 3 aromatic rings. The lowest BCUT2D eigenvalue weighted by molar-refractivity contribution is 0.0552. The molecule has 0 bridgehead atoms. The summed E-state index contributed by atoms with van der Waals surface area (Å²) in [4.78, 5) is 32.7. The first-order valence-corrected chi connectivity index (χ1v) is 9.47. The average molecular weight is 377 g/mol. The average Bonchev–Trinajstić information content (AvgIpc) is 3.17. The van der Waals surface area contributed by atoms with E-state index in [4.69, 9.17) is 0 Å². The minimum Gasteiger partial charge on any atom is -0.508 e. The Morgan fingerprint density at radius 1 is 1.00 bits per heavy atom. The number of phenolic OH excluding ortho intramolecular Hbond substituents is 1. The molecule has 1 saturated heterocycles. The molecule has 4 rings (SSSR count). The van der Waals surface area contributed by atoms with Crippen molar-refractivity contribution in [2.24, 2.45) is 0 Å². The van der Waals surface area contributed by atoms with E-state index in [1.165, 1.54) is 12.1 Å². The van der Waals surface area contributed by atoms with Crippen LogP contribution in [0, 0.1) is 0 Å². The first kappa shape index (κ1) is 18.3. The van der Waals surface area contributed by atoms with E-state index in [-0.39, 0.29) is 23.5 Å². The van der Waals surface area contributed by atoms with Crippen LogP contribution in [0.3, 0.4) is 0 Å². The van der Waals surface area contributed by atoms with Gasteiger partial charge in [0.05, 0.1) is 6.04 Å². The van der Waals surface area contributed by atoms with Crippen LogP contribution in [0.1, 0.15) is 27.6 Å². The highest BCUT2D eigenvalue weighted by atomic mass is 16.3. The van der Waals surface area contributed by atoms with E-state index in [1.54, 1.807) is 23.2 Å². The number of aromatic hydroxyl groups is 1. The van der Waals surface area contributed by atoms with Crippen molar-refractivity contribution in [3.63, 3.8) is 0 Å². The molecular formula is C22H23N3O3. The van der Waals surface area contributed by atoms with Crippen molar-refractivity contribution >= 4 is 22.6 Å². The maximum Gasteiger partial charge on any atom is 0.253 e. The number of aromatic amines is 1. The molecule has 2 aromatic carbocycles. The van der Waals surface area contributed by atoms with Crippen molar-refractivity contribution in [3.05, 3.63) is 65.9 Å². The van der Waals surface area contributed by atoms with E-state index >= 15 is 0 Å². The van der Waals surface area contributed by atoms with Gasteiger partial charge >= 0.3 is 0 Å². The maximum atomic E-state index is 13.0. The van der Waals surface area contributed by atoms with Crippen LogP contribution in [-0.2, 0) is 0 Å². The lowest BCUT2D eigenvalue weighted by Crippen LogP contribution is -2.53. The van der Waals surface area contributed by atoms with E-state index < -0.39 is 0 Å². The molecule has 1 amide bonds. The predicted molar refractivity (Wildman–Crippen MR) is 108 cm³/mol. The zero-order chi connectivity index (χ0) is 19.7.